The molecule has 0 radical (unpaired) electrons. The highest BCUT2D eigenvalue weighted by Gasteiger charge is 2.30. The zero-order chi connectivity index (χ0) is 20.5. The maximum atomic E-state index is 12.9. The van der Waals surface area contributed by atoms with Crippen molar-refractivity contribution in [3.05, 3.63) is 47.8 Å². The molecule has 3 rings (SSSR count). The highest BCUT2D eigenvalue weighted by molar-refractivity contribution is 7.89. The van der Waals surface area contributed by atoms with Gasteiger partial charge in [-0.15, -0.1) is 0 Å². The van der Waals surface area contributed by atoms with E-state index < -0.39 is 16.0 Å². The molecule has 28 heavy (non-hydrogen) atoms. The first-order chi connectivity index (χ1) is 13.2. The Hall–Kier alpha value is -2.65. The minimum atomic E-state index is -3.70. The molecule has 1 aromatic carbocycles. The zero-order valence-corrected chi connectivity index (χ0v) is 16.9. The molecule has 0 bridgehead atoms. The van der Waals surface area contributed by atoms with Crippen LogP contribution in [0.4, 0.5) is 5.69 Å². The lowest BCUT2D eigenvalue weighted by Gasteiger charge is -2.35. The van der Waals surface area contributed by atoms with Crippen LogP contribution >= 0.6 is 0 Å². The average molecular weight is 405 g/mol. The van der Waals surface area contributed by atoms with Gasteiger partial charge in [0.15, 0.2) is 5.78 Å². The molecule has 0 spiro atoms. The molecule has 0 N–H and O–H groups in total. The summed E-state index contributed by atoms with van der Waals surface area (Å²) in [5.74, 6) is -0.570. The van der Waals surface area contributed by atoms with Crippen LogP contribution in [0.5, 0.6) is 0 Å². The van der Waals surface area contributed by atoms with Crippen LogP contribution in [0.1, 0.15) is 27.8 Å². The lowest BCUT2D eigenvalue weighted by molar-refractivity contribution is 0.0589. The molecule has 0 atom stereocenters. The Bertz CT molecular complexity index is 987. The number of hydrogen-bond acceptors (Lipinski definition) is 6. The number of piperazine rings is 1. The van der Waals surface area contributed by atoms with E-state index >= 15 is 0 Å². The molecule has 1 aliphatic rings. The van der Waals surface area contributed by atoms with Crippen LogP contribution in [-0.2, 0) is 21.8 Å². The van der Waals surface area contributed by atoms with Gasteiger partial charge in [0.1, 0.15) is 10.6 Å². The molecule has 0 unspecified atom stereocenters. The summed E-state index contributed by atoms with van der Waals surface area (Å²) < 4.78 is 33.4. The Balaban J connectivity index is 1.71. The lowest BCUT2D eigenvalue weighted by Crippen LogP contribution is -2.48. The van der Waals surface area contributed by atoms with Crippen molar-refractivity contribution in [3.63, 3.8) is 0 Å². The normalized spacial score (nSPS) is 15.5. The number of anilines is 1. The molecule has 2 aromatic rings. The molecule has 8 nitrogen and oxygen atoms in total. The molecule has 0 aliphatic carbocycles. The quantitative estimate of drug-likeness (QED) is 0.554. The third-order valence-electron chi connectivity index (χ3n) is 4.89. The minimum absolute atomic E-state index is 0.0108. The Kier molecular flexibility index (Phi) is 5.57. The van der Waals surface area contributed by atoms with E-state index in [4.69, 9.17) is 0 Å². The maximum absolute atomic E-state index is 12.9. The highest BCUT2D eigenvalue weighted by atomic mass is 32.2. The number of sulfonamides is 1. The van der Waals surface area contributed by atoms with Crippen LogP contribution < -0.4 is 4.90 Å². The van der Waals surface area contributed by atoms with Crippen LogP contribution in [0.15, 0.2) is 41.4 Å². The van der Waals surface area contributed by atoms with Gasteiger partial charge in [-0.2, -0.15) is 4.31 Å². The first-order valence-corrected chi connectivity index (χ1v) is 10.3. The van der Waals surface area contributed by atoms with Crippen molar-refractivity contribution in [2.75, 3.05) is 38.2 Å². The molecule has 1 fully saturated rings. The minimum Gasteiger partial charge on any atom is -0.464 e. The van der Waals surface area contributed by atoms with Gasteiger partial charge in [0.2, 0.25) is 10.0 Å². The van der Waals surface area contributed by atoms with E-state index in [-0.39, 0.29) is 16.4 Å². The third kappa shape index (κ3) is 3.81. The van der Waals surface area contributed by atoms with E-state index in [1.807, 2.05) is 12.1 Å². The molecule has 2 heterocycles. The van der Waals surface area contributed by atoms with Crippen LogP contribution in [0.25, 0.3) is 0 Å². The fraction of sp³-hybridized carbons (Fsp3) is 0.368. The van der Waals surface area contributed by atoms with Crippen molar-refractivity contribution >= 4 is 27.5 Å². The number of carbonyl (C=O) groups is 2. The SMILES string of the molecule is COC(=O)c1cc(S(=O)(=O)N2CCN(c3ccc(C(C)=O)cc3)CC2)cn1C. The smallest absolute Gasteiger partial charge is 0.354 e. The van der Waals surface area contributed by atoms with E-state index in [2.05, 4.69) is 9.64 Å². The molecule has 0 amide bonds. The molecular weight excluding hydrogens is 382 g/mol. The van der Waals surface area contributed by atoms with Crippen molar-refractivity contribution in [3.8, 4) is 0 Å². The average Bonchev–Trinajstić information content (AvgIpc) is 3.10. The highest BCUT2D eigenvalue weighted by Crippen LogP contribution is 2.23. The van der Waals surface area contributed by atoms with Crippen LogP contribution in [0.3, 0.4) is 0 Å². The van der Waals surface area contributed by atoms with Gasteiger partial charge in [0.05, 0.1) is 7.11 Å². The number of hydrogen-bond donors (Lipinski definition) is 0. The van der Waals surface area contributed by atoms with E-state index in [9.17, 15) is 18.0 Å². The fourth-order valence-corrected chi connectivity index (χ4v) is 4.72. The predicted octanol–water partition coefficient (Wildman–Crippen LogP) is 1.53. The molecule has 1 saturated heterocycles. The van der Waals surface area contributed by atoms with Crippen molar-refractivity contribution in [1.29, 1.82) is 0 Å². The largest absolute Gasteiger partial charge is 0.464 e. The molecular formula is C19H23N3O5S. The fourth-order valence-electron chi connectivity index (χ4n) is 3.23. The number of methoxy groups -OCH3 is 1. The second-order valence-corrected chi connectivity index (χ2v) is 8.60. The number of ether oxygens (including phenoxy) is 1. The second-order valence-electron chi connectivity index (χ2n) is 6.66. The van der Waals surface area contributed by atoms with Crippen molar-refractivity contribution in [2.24, 2.45) is 7.05 Å². The van der Waals surface area contributed by atoms with Gasteiger partial charge < -0.3 is 14.2 Å². The number of nitrogens with zero attached hydrogens (tertiary/aromatic N) is 3. The summed E-state index contributed by atoms with van der Waals surface area (Å²) in [6, 6.07) is 8.65. The van der Waals surface area contributed by atoms with Crippen molar-refractivity contribution in [1.82, 2.24) is 8.87 Å². The van der Waals surface area contributed by atoms with Gasteiger partial charge in [-0.05, 0) is 37.3 Å². The van der Waals surface area contributed by atoms with Gasteiger partial charge in [-0.3, -0.25) is 4.79 Å². The molecule has 1 aliphatic heterocycles. The topological polar surface area (TPSA) is 88.9 Å². The van der Waals surface area contributed by atoms with Gasteiger partial charge >= 0.3 is 5.97 Å². The van der Waals surface area contributed by atoms with Gasteiger partial charge in [-0.25, -0.2) is 13.2 Å². The number of carbonyl (C=O) groups excluding carboxylic acids is 2. The van der Waals surface area contributed by atoms with E-state index in [0.29, 0.717) is 31.7 Å². The van der Waals surface area contributed by atoms with E-state index in [0.717, 1.165) is 5.69 Å². The van der Waals surface area contributed by atoms with Gasteiger partial charge in [-0.1, -0.05) is 0 Å². The van der Waals surface area contributed by atoms with Crippen molar-refractivity contribution < 1.29 is 22.7 Å². The number of aromatic nitrogens is 1. The summed E-state index contributed by atoms with van der Waals surface area (Å²) in [5, 5.41) is 0. The number of rotatable bonds is 5. The summed E-state index contributed by atoms with van der Waals surface area (Å²) >= 11 is 0. The number of Topliss-reactive ketones (excluding diaryl/α,β-unsaturated/α-hetero) is 1. The Morgan fingerprint density at radius 1 is 1.04 bits per heavy atom. The summed E-state index contributed by atoms with van der Waals surface area (Å²) in [4.78, 5) is 25.3. The first kappa shape index (κ1) is 20.1. The van der Waals surface area contributed by atoms with Gasteiger partial charge in [0.25, 0.3) is 0 Å². The van der Waals surface area contributed by atoms with Crippen molar-refractivity contribution in [2.45, 2.75) is 11.8 Å². The predicted molar refractivity (Wildman–Crippen MR) is 104 cm³/mol. The molecule has 9 heteroatoms. The first-order valence-electron chi connectivity index (χ1n) is 8.85. The number of esters is 1. The summed E-state index contributed by atoms with van der Waals surface area (Å²) in [7, 11) is -0.835. The Labute approximate surface area is 164 Å². The lowest BCUT2D eigenvalue weighted by atomic mass is 10.1. The molecule has 150 valence electrons. The summed E-state index contributed by atoms with van der Waals surface area (Å²) in [6.45, 7) is 3.26. The van der Waals surface area contributed by atoms with Crippen LogP contribution in [0.2, 0.25) is 0 Å². The number of ketones is 1. The summed E-state index contributed by atoms with van der Waals surface area (Å²) in [5.41, 5.74) is 1.79. The molecule has 1 aromatic heterocycles. The monoisotopic (exact) mass is 405 g/mol. The van der Waals surface area contributed by atoms with Gasteiger partial charge in [0, 0.05) is 50.7 Å². The Morgan fingerprint density at radius 2 is 1.64 bits per heavy atom. The van der Waals surface area contributed by atoms with E-state index in [1.54, 1.807) is 19.2 Å². The summed E-state index contributed by atoms with van der Waals surface area (Å²) in [6.07, 6.45) is 1.43. The zero-order valence-electron chi connectivity index (χ0n) is 16.1. The Morgan fingerprint density at radius 3 is 2.18 bits per heavy atom. The standard InChI is InChI=1S/C19H23N3O5S/c1-14(23)15-4-6-16(7-5-15)21-8-10-22(11-9-21)28(25,26)17-12-18(19(24)27-3)20(2)13-17/h4-7,12-13H,8-11H2,1-3H3. The third-order valence-corrected chi connectivity index (χ3v) is 6.75. The number of benzene rings is 1. The van der Waals surface area contributed by atoms with E-state index in [1.165, 1.54) is 35.2 Å². The number of aryl methyl sites for hydroxylation is 1. The maximum Gasteiger partial charge on any atom is 0.354 e. The van der Waals surface area contributed by atoms with Crippen LogP contribution in [-0.4, -0.2) is 62.3 Å². The molecule has 0 saturated carbocycles. The van der Waals surface area contributed by atoms with Crippen LogP contribution in [0, 0.1) is 0 Å². The second kappa shape index (κ2) is 7.76.